The number of anilines is 1. The molecule has 0 aliphatic rings. The monoisotopic (exact) mass is 271 g/mol. The van der Waals surface area contributed by atoms with Crippen LogP contribution in [0.5, 0.6) is 0 Å². The molecule has 0 amide bonds. The molecule has 1 aromatic carbocycles. The van der Waals surface area contributed by atoms with Crippen LogP contribution in [0.25, 0.3) is 0 Å². The fraction of sp³-hybridized carbons (Fsp3) is 0.312. The summed E-state index contributed by atoms with van der Waals surface area (Å²) >= 11 is 0. The Morgan fingerprint density at radius 1 is 1.20 bits per heavy atom. The van der Waals surface area contributed by atoms with Crippen LogP contribution in [-0.2, 0) is 6.42 Å². The Kier molecular flexibility index (Phi) is 5.53. The van der Waals surface area contributed by atoms with Crippen LogP contribution in [0.4, 0.5) is 5.69 Å². The van der Waals surface area contributed by atoms with Gasteiger partial charge >= 0.3 is 0 Å². The number of rotatable bonds is 7. The molecule has 20 heavy (non-hydrogen) atoms. The first kappa shape index (κ1) is 14.5. The molecular weight excluding hydrogens is 250 g/mol. The molecule has 106 valence electrons. The van der Waals surface area contributed by atoms with Gasteiger partial charge in [0.1, 0.15) is 0 Å². The predicted molar refractivity (Wildman–Crippen MR) is 81.8 cm³/mol. The summed E-state index contributed by atoms with van der Waals surface area (Å²) in [7, 11) is 1.91. The lowest BCUT2D eigenvalue weighted by molar-refractivity contribution is 0.174. The van der Waals surface area contributed by atoms with Crippen LogP contribution in [-0.4, -0.2) is 30.2 Å². The summed E-state index contributed by atoms with van der Waals surface area (Å²) in [4.78, 5) is 4.00. The van der Waals surface area contributed by atoms with Gasteiger partial charge in [-0.2, -0.15) is 0 Å². The van der Waals surface area contributed by atoms with E-state index in [9.17, 15) is 5.11 Å². The number of hydrogen-bond donors (Lipinski definition) is 3. The number of aromatic nitrogens is 1. The topological polar surface area (TPSA) is 57.2 Å². The summed E-state index contributed by atoms with van der Waals surface area (Å²) < 4.78 is 0. The first-order valence-electron chi connectivity index (χ1n) is 6.85. The highest BCUT2D eigenvalue weighted by Gasteiger charge is 2.06. The van der Waals surface area contributed by atoms with Crippen molar-refractivity contribution in [3.8, 4) is 0 Å². The van der Waals surface area contributed by atoms with Crippen LogP contribution in [0.15, 0.2) is 48.8 Å². The average Bonchev–Trinajstić information content (AvgIpc) is 2.53. The van der Waals surface area contributed by atoms with E-state index in [0.717, 1.165) is 24.2 Å². The third kappa shape index (κ3) is 4.33. The van der Waals surface area contributed by atoms with Gasteiger partial charge in [0, 0.05) is 37.2 Å². The van der Waals surface area contributed by atoms with E-state index in [1.165, 1.54) is 5.56 Å². The molecule has 1 atom stereocenters. The van der Waals surface area contributed by atoms with Crippen LogP contribution in [0.3, 0.4) is 0 Å². The van der Waals surface area contributed by atoms with E-state index in [0.29, 0.717) is 6.54 Å². The van der Waals surface area contributed by atoms with Crippen molar-refractivity contribution in [3.05, 3.63) is 59.9 Å². The SMILES string of the molecule is CNc1ccc(CCNC[C@H](O)c2cccnc2)cc1. The zero-order valence-electron chi connectivity index (χ0n) is 11.7. The number of aliphatic hydroxyl groups is 1. The van der Waals surface area contributed by atoms with Gasteiger partial charge in [-0.25, -0.2) is 0 Å². The van der Waals surface area contributed by atoms with Crippen molar-refractivity contribution in [3.63, 3.8) is 0 Å². The van der Waals surface area contributed by atoms with Gasteiger partial charge in [-0.15, -0.1) is 0 Å². The molecule has 0 saturated carbocycles. The fourth-order valence-electron chi connectivity index (χ4n) is 2.00. The molecule has 0 radical (unpaired) electrons. The van der Waals surface area contributed by atoms with E-state index >= 15 is 0 Å². The standard InChI is InChI=1S/C16H21N3O/c1-17-15-6-4-13(5-7-15)8-10-19-12-16(20)14-3-2-9-18-11-14/h2-7,9,11,16-17,19-20H,8,10,12H2,1H3/t16-/m0/s1. The minimum absolute atomic E-state index is 0.504. The summed E-state index contributed by atoms with van der Waals surface area (Å²) in [6, 6.07) is 12.1. The average molecular weight is 271 g/mol. The van der Waals surface area contributed by atoms with Crippen LogP contribution in [0, 0.1) is 0 Å². The largest absolute Gasteiger partial charge is 0.388 e. The zero-order chi connectivity index (χ0) is 14.2. The molecule has 2 rings (SSSR count). The lowest BCUT2D eigenvalue weighted by Crippen LogP contribution is -2.23. The Morgan fingerprint density at radius 2 is 2.00 bits per heavy atom. The third-order valence-electron chi connectivity index (χ3n) is 3.24. The Hall–Kier alpha value is -1.91. The second kappa shape index (κ2) is 7.62. The maximum Gasteiger partial charge on any atom is 0.0929 e. The van der Waals surface area contributed by atoms with E-state index in [2.05, 4.69) is 39.9 Å². The number of benzene rings is 1. The van der Waals surface area contributed by atoms with Gasteiger partial charge in [-0.3, -0.25) is 4.98 Å². The Morgan fingerprint density at radius 3 is 2.65 bits per heavy atom. The maximum absolute atomic E-state index is 9.98. The zero-order valence-corrected chi connectivity index (χ0v) is 11.7. The molecule has 4 heteroatoms. The lowest BCUT2D eigenvalue weighted by atomic mass is 10.1. The van der Waals surface area contributed by atoms with Crippen molar-refractivity contribution in [2.45, 2.75) is 12.5 Å². The van der Waals surface area contributed by atoms with Crippen molar-refractivity contribution in [2.75, 3.05) is 25.5 Å². The molecule has 1 heterocycles. The summed E-state index contributed by atoms with van der Waals surface area (Å²) in [6.45, 7) is 1.39. The van der Waals surface area contributed by atoms with E-state index in [4.69, 9.17) is 0 Å². The molecule has 4 nitrogen and oxygen atoms in total. The molecule has 0 spiro atoms. The normalized spacial score (nSPS) is 12.1. The molecule has 0 aliphatic carbocycles. The van der Waals surface area contributed by atoms with Crippen molar-refractivity contribution < 1.29 is 5.11 Å². The van der Waals surface area contributed by atoms with Crippen molar-refractivity contribution in [1.29, 1.82) is 0 Å². The Labute approximate surface area is 119 Å². The molecule has 0 fully saturated rings. The second-order valence-corrected chi connectivity index (χ2v) is 4.70. The number of hydrogen-bond acceptors (Lipinski definition) is 4. The number of nitrogens with one attached hydrogen (secondary N) is 2. The number of aliphatic hydroxyl groups excluding tert-OH is 1. The summed E-state index contributed by atoms with van der Waals surface area (Å²) in [5.41, 5.74) is 3.25. The minimum atomic E-state index is -0.504. The van der Waals surface area contributed by atoms with Crippen molar-refractivity contribution in [2.24, 2.45) is 0 Å². The Bertz CT molecular complexity index is 499. The Balaban J connectivity index is 1.70. The van der Waals surface area contributed by atoms with E-state index in [1.807, 2.05) is 19.2 Å². The van der Waals surface area contributed by atoms with Gasteiger partial charge in [-0.05, 0) is 36.7 Å². The molecule has 0 saturated heterocycles. The summed E-state index contributed by atoms with van der Waals surface area (Å²) in [5, 5.41) is 16.3. The van der Waals surface area contributed by atoms with Crippen LogP contribution in [0.2, 0.25) is 0 Å². The molecule has 2 aromatic rings. The van der Waals surface area contributed by atoms with Crippen LogP contribution >= 0.6 is 0 Å². The highest BCUT2D eigenvalue weighted by atomic mass is 16.3. The molecule has 1 aromatic heterocycles. The molecular formula is C16H21N3O. The van der Waals surface area contributed by atoms with Crippen molar-refractivity contribution in [1.82, 2.24) is 10.3 Å². The van der Waals surface area contributed by atoms with Gasteiger partial charge in [0.05, 0.1) is 6.10 Å². The van der Waals surface area contributed by atoms with E-state index < -0.39 is 6.10 Å². The maximum atomic E-state index is 9.98. The second-order valence-electron chi connectivity index (χ2n) is 4.70. The third-order valence-corrected chi connectivity index (χ3v) is 3.24. The van der Waals surface area contributed by atoms with Gasteiger partial charge in [0.2, 0.25) is 0 Å². The molecule has 3 N–H and O–H groups in total. The summed E-state index contributed by atoms with van der Waals surface area (Å²) in [6.07, 6.45) is 3.85. The molecule has 0 bridgehead atoms. The number of nitrogens with zero attached hydrogens (tertiary/aromatic N) is 1. The van der Waals surface area contributed by atoms with Gasteiger partial charge in [0.25, 0.3) is 0 Å². The fourth-order valence-corrected chi connectivity index (χ4v) is 2.00. The van der Waals surface area contributed by atoms with Crippen LogP contribution < -0.4 is 10.6 Å². The minimum Gasteiger partial charge on any atom is -0.388 e. The van der Waals surface area contributed by atoms with E-state index in [1.54, 1.807) is 12.4 Å². The lowest BCUT2D eigenvalue weighted by Gasteiger charge is -2.11. The highest BCUT2D eigenvalue weighted by Crippen LogP contribution is 2.10. The van der Waals surface area contributed by atoms with Crippen molar-refractivity contribution >= 4 is 5.69 Å². The molecule has 0 unspecified atom stereocenters. The quantitative estimate of drug-likeness (QED) is 0.674. The molecule has 0 aliphatic heterocycles. The number of pyridine rings is 1. The van der Waals surface area contributed by atoms with Gasteiger partial charge in [0.15, 0.2) is 0 Å². The highest BCUT2D eigenvalue weighted by molar-refractivity contribution is 5.43. The first-order valence-corrected chi connectivity index (χ1v) is 6.85. The first-order chi connectivity index (χ1) is 9.79. The van der Waals surface area contributed by atoms with Crippen LogP contribution in [0.1, 0.15) is 17.2 Å². The summed E-state index contributed by atoms with van der Waals surface area (Å²) in [5.74, 6) is 0. The van der Waals surface area contributed by atoms with Gasteiger partial charge < -0.3 is 15.7 Å². The van der Waals surface area contributed by atoms with E-state index in [-0.39, 0.29) is 0 Å². The predicted octanol–water partition coefficient (Wildman–Crippen LogP) is 1.99. The smallest absolute Gasteiger partial charge is 0.0929 e. The van der Waals surface area contributed by atoms with Gasteiger partial charge in [-0.1, -0.05) is 18.2 Å².